The molecule has 1 saturated carbocycles. The summed E-state index contributed by atoms with van der Waals surface area (Å²) in [4.78, 5) is 13.2. The number of benzene rings is 3. The van der Waals surface area contributed by atoms with Crippen LogP contribution in [0.2, 0.25) is 0 Å². The second-order valence-electron chi connectivity index (χ2n) is 8.19. The third-order valence-corrected chi connectivity index (χ3v) is 6.29. The standard InChI is InChI=1S/C27H30N2O/c1-19-24(22-11-7-4-8-12-22)17-18-25(28-2)26(19)27(30)29-23-15-13-21(14-16-23)20-9-5-3-6-10-20/h4,7-8,11-18,20,28H,3,5-6,9-10H2,1-2H3,(H,29,30). The van der Waals surface area contributed by atoms with E-state index in [4.69, 9.17) is 0 Å². The summed E-state index contributed by atoms with van der Waals surface area (Å²) in [6, 6.07) is 22.7. The van der Waals surface area contributed by atoms with Gasteiger partial charge >= 0.3 is 0 Å². The molecule has 0 bridgehead atoms. The van der Waals surface area contributed by atoms with Crippen molar-refractivity contribution in [3.05, 3.63) is 83.4 Å². The summed E-state index contributed by atoms with van der Waals surface area (Å²) >= 11 is 0. The summed E-state index contributed by atoms with van der Waals surface area (Å²) in [5, 5.41) is 6.28. The van der Waals surface area contributed by atoms with Gasteiger partial charge in [0.25, 0.3) is 5.91 Å². The summed E-state index contributed by atoms with van der Waals surface area (Å²) < 4.78 is 0. The van der Waals surface area contributed by atoms with Crippen LogP contribution in [0.4, 0.5) is 11.4 Å². The molecule has 2 N–H and O–H groups in total. The molecule has 0 heterocycles. The van der Waals surface area contributed by atoms with E-state index >= 15 is 0 Å². The Morgan fingerprint density at radius 3 is 2.23 bits per heavy atom. The molecule has 0 atom stereocenters. The lowest BCUT2D eigenvalue weighted by molar-refractivity contribution is 0.102. The van der Waals surface area contributed by atoms with Crippen LogP contribution >= 0.6 is 0 Å². The van der Waals surface area contributed by atoms with Gasteiger partial charge in [-0.2, -0.15) is 0 Å². The Labute approximate surface area is 179 Å². The van der Waals surface area contributed by atoms with Gasteiger partial charge in [0.05, 0.1) is 5.56 Å². The zero-order valence-corrected chi connectivity index (χ0v) is 17.9. The minimum atomic E-state index is -0.0833. The van der Waals surface area contributed by atoms with E-state index in [-0.39, 0.29) is 5.91 Å². The number of carbonyl (C=O) groups is 1. The molecule has 3 nitrogen and oxygen atoms in total. The maximum atomic E-state index is 13.2. The molecule has 4 rings (SSSR count). The maximum absolute atomic E-state index is 13.2. The topological polar surface area (TPSA) is 41.1 Å². The fraction of sp³-hybridized carbons (Fsp3) is 0.296. The van der Waals surface area contributed by atoms with Gasteiger partial charge in [0.15, 0.2) is 0 Å². The Morgan fingerprint density at radius 1 is 0.867 bits per heavy atom. The van der Waals surface area contributed by atoms with Gasteiger partial charge in [0.1, 0.15) is 0 Å². The van der Waals surface area contributed by atoms with Gasteiger partial charge in [0.2, 0.25) is 0 Å². The zero-order valence-electron chi connectivity index (χ0n) is 17.9. The van der Waals surface area contributed by atoms with E-state index in [1.807, 2.05) is 50.4 Å². The van der Waals surface area contributed by atoms with E-state index in [9.17, 15) is 4.79 Å². The Kier molecular flexibility index (Phi) is 6.18. The first-order chi connectivity index (χ1) is 14.7. The monoisotopic (exact) mass is 398 g/mol. The van der Waals surface area contributed by atoms with E-state index in [0.717, 1.165) is 28.1 Å². The molecule has 3 aromatic rings. The quantitative estimate of drug-likeness (QED) is 0.485. The highest BCUT2D eigenvalue weighted by molar-refractivity contribution is 6.10. The van der Waals surface area contributed by atoms with Crippen molar-refractivity contribution in [2.75, 3.05) is 17.7 Å². The van der Waals surface area contributed by atoms with Crippen LogP contribution in [0.1, 0.15) is 59.5 Å². The van der Waals surface area contributed by atoms with Gasteiger partial charge in [-0.05, 0) is 66.1 Å². The first-order valence-electron chi connectivity index (χ1n) is 11.0. The van der Waals surface area contributed by atoms with Crippen molar-refractivity contribution >= 4 is 17.3 Å². The zero-order chi connectivity index (χ0) is 20.9. The van der Waals surface area contributed by atoms with Crippen molar-refractivity contribution in [1.82, 2.24) is 0 Å². The van der Waals surface area contributed by atoms with E-state index in [1.54, 1.807) is 0 Å². The van der Waals surface area contributed by atoms with E-state index in [1.165, 1.54) is 37.7 Å². The van der Waals surface area contributed by atoms with Crippen LogP contribution in [0.25, 0.3) is 11.1 Å². The Morgan fingerprint density at radius 2 is 1.57 bits per heavy atom. The highest BCUT2D eigenvalue weighted by Crippen LogP contribution is 2.34. The van der Waals surface area contributed by atoms with Crippen molar-refractivity contribution in [1.29, 1.82) is 0 Å². The fourth-order valence-corrected chi connectivity index (χ4v) is 4.61. The SMILES string of the molecule is CNc1ccc(-c2ccccc2)c(C)c1C(=O)Nc1ccc(C2CCCCC2)cc1. The molecular formula is C27H30N2O. The molecule has 3 aromatic carbocycles. The first kappa shape index (κ1) is 20.2. The summed E-state index contributed by atoms with van der Waals surface area (Å²) in [5.74, 6) is 0.587. The van der Waals surface area contributed by atoms with Crippen LogP contribution in [-0.2, 0) is 0 Å². The van der Waals surface area contributed by atoms with E-state index in [0.29, 0.717) is 11.5 Å². The third kappa shape index (κ3) is 4.25. The van der Waals surface area contributed by atoms with E-state index < -0.39 is 0 Å². The number of amides is 1. The van der Waals surface area contributed by atoms with Crippen LogP contribution in [0.3, 0.4) is 0 Å². The van der Waals surface area contributed by atoms with Gasteiger partial charge in [-0.3, -0.25) is 4.79 Å². The first-order valence-corrected chi connectivity index (χ1v) is 11.0. The highest BCUT2D eigenvalue weighted by Gasteiger charge is 2.19. The van der Waals surface area contributed by atoms with Gasteiger partial charge in [-0.1, -0.05) is 67.8 Å². The lowest BCUT2D eigenvalue weighted by Gasteiger charge is -2.22. The molecule has 3 heteroatoms. The van der Waals surface area contributed by atoms with Crippen molar-refractivity contribution in [3.63, 3.8) is 0 Å². The van der Waals surface area contributed by atoms with Gasteiger partial charge in [-0.15, -0.1) is 0 Å². The lowest BCUT2D eigenvalue weighted by atomic mass is 9.84. The summed E-state index contributed by atoms with van der Waals surface area (Å²) in [5.41, 5.74) is 6.93. The highest BCUT2D eigenvalue weighted by atomic mass is 16.1. The Bertz CT molecular complexity index is 1000. The molecule has 30 heavy (non-hydrogen) atoms. The molecule has 1 fully saturated rings. The number of carbonyl (C=O) groups excluding carboxylic acids is 1. The number of hydrogen-bond acceptors (Lipinski definition) is 2. The molecule has 0 spiro atoms. The third-order valence-electron chi connectivity index (χ3n) is 6.29. The van der Waals surface area contributed by atoms with Crippen LogP contribution in [0.15, 0.2) is 66.7 Å². The maximum Gasteiger partial charge on any atom is 0.258 e. The molecule has 0 radical (unpaired) electrons. The summed E-state index contributed by atoms with van der Waals surface area (Å²) in [6.45, 7) is 2.02. The fourth-order valence-electron chi connectivity index (χ4n) is 4.61. The van der Waals surface area contributed by atoms with Crippen LogP contribution in [-0.4, -0.2) is 13.0 Å². The summed E-state index contributed by atoms with van der Waals surface area (Å²) in [7, 11) is 1.85. The molecule has 1 aliphatic carbocycles. The van der Waals surface area contributed by atoms with Crippen LogP contribution < -0.4 is 10.6 Å². The summed E-state index contributed by atoms with van der Waals surface area (Å²) in [6.07, 6.45) is 6.57. The normalized spacial score (nSPS) is 14.3. The van der Waals surface area contributed by atoms with Crippen molar-refractivity contribution in [2.45, 2.75) is 44.9 Å². The van der Waals surface area contributed by atoms with Gasteiger partial charge < -0.3 is 10.6 Å². The molecule has 0 unspecified atom stereocenters. The predicted molar refractivity (Wildman–Crippen MR) is 126 cm³/mol. The van der Waals surface area contributed by atoms with Crippen molar-refractivity contribution in [2.24, 2.45) is 0 Å². The van der Waals surface area contributed by atoms with Crippen molar-refractivity contribution < 1.29 is 4.79 Å². The number of anilines is 2. The van der Waals surface area contributed by atoms with Gasteiger partial charge in [-0.25, -0.2) is 0 Å². The molecule has 154 valence electrons. The minimum absolute atomic E-state index is 0.0833. The Hall–Kier alpha value is -3.07. The Balaban J connectivity index is 1.58. The minimum Gasteiger partial charge on any atom is -0.387 e. The molecule has 0 aromatic heterocycles. The molecule has 1 amide bonds. The number of nitrogens with one attached hydrogen (secondary N) is 2. The smallest absolute Gasteiger partial charge is 0.258 e. The largest absolute Gasteiger partial charge is 0.387 e. The number of rotatable bonds is 5. The molecule has 0 aliphatic heterocycles. The van der Waals surface area contributed by atoms with Crippen molar-refractivity contribution in [3.8, 4) is 11.1 Å². The average molecular weight is 399 g/mol. The second kappa shape index (κ2) is 9.17. The molecule has 1 aliphatic rings. The van der Waals surface area contributed by atoms with Crippen LogP contribution in [0.5, 0.6) is 0 Å². The molecule has 0 saturated heterocycles. The predicted octanol–water partition coefficient (Wildman–Crippen LogP) is 7.00. The molecular weight excluding hydrogens is 368 g/mol. The lowest BCUT2D eigenvalue weighted by Crippen LogP contribution is -2.16. The second-order valence-corrected chi connectivity index (χ2v) is 8.19. The van der Waals surface area contributed by atoms with E-state index in [2.05, 4.69) is 41.0 Å². The average Bonchev–Trinajstić information content (AvgIpc) is 2.80. The van der Waals surface area contributed by atoms with Gasteiger partial charge in [0, 0.05) is 18.4 Å². The van der Waals surface area contributed by atoms with Crippen LogP contribution in [0, 0.1) is 6.92 Å². The number of hydrogen-bond donors (Lipinski definition) is 2.